The van der Waals surface area contributed by atoms with Crippen LogP contribution in [0.3, 0.4) is 0 Å². The van der Waals surface area contributed by atoms with Crippen LogP contribution < -0.4 is 4.72 Å². The number of hydrogen-bond donors (Lipinski definition) is 1. The van der Waals surface area contributed by atoms with Gasteiger partial charge in [0.2, 0.25) is 0 Å². The highest BCUT2D eigenvalue weighted by Crippen LogP contribution is 2.29. The number of aromatic nitrogens is 2. The minimum absolute atomic E-state index is 0.0886. The lowest BCUT2D eigenvalue weighted by Crippen LogP contribution is -2.15. The zero-order chi connectivity index (χ0) is 19.8. The van der Waals surface area contributed by atoms with Gasteiger partial charge in [0.25, 0.3) is 10.0 Å². The van der Waals surface area contributed by atoms with E-state index in [9.17, 15) is 8.42 Å². The SMILES string of the molecule is Cc1nn(Cc2ccccc2Cl)c(C)c1NS(=O)(=O)c1cc(Cl)ccc1Cl. The molecule has 3 rings (SSSR count). The van der Waals surface area contributed by atoms with E-state index in [1.165, 1.54) is 18.2 Å². The Morgan fingerprint density at radius 3 is 2.44 bits per heavy atom. The summed E-state index contributed by atoms with van der Waals surface area (Å²) in [5, 5.41) is 5.43. The lowest BCUT2D eigenvalue weighted by molar-refractivity contribution is 0.601. The van der Waals surface area contributed by atoms with Gasteiger partial charge in [-0.1, -0.05) is 53.0 Å². The molecule has 0 fully saturated rings. The maximum absolute atomic E-state index is 12.8. The summed E-state index contributed by atoms with van der Waals surface area (Å²) < 4.78 is 29.9. The molecule has 2 aromatic carbocycles. The van der Waals surface area contributed by atoms with Crippen LogP contribution in [-0.4, -0.2) is 18.2 Å². The van der Waals surface area contributed by atoms with Crippen molar-refractivity contribution in [2.75, 3.05) is 4.72 Å². The molecule has 9 heteroatoms. The molecule has 0 aliphatic carbocycles. The van der Waals surface area contributed by atoms with E-state index in [0.717, 1.165) is 5.56 Å². The molecule has 0 bridgehead atoms. The van der Waals surface area contributed by atoms with Crippen LogP contribution in [0.4, 0.5) is 5.69 Å². The first-order valence-electron chi connectivity index (χ1n) is 7.94. The van der Waals surface area contributed by atoms with E-state index < -0.39 is 10.0 Å². The Morgan fingerprint density at radius 2 is 1.74 bits per heavy atom. The van der Waals surface area contributed by atoms with Gasteiger partial charge in [0.05, 0.1) is 28.6 Å². The summed E-state index contributed by atoms with van der Waals surface area (Å²) in [7, 11) is -3.92. The zero-order valence-corrected chi connectivity index (χ0v) is 17.6. The minimum Gasteiger partial charge on any atom is -0.276 e. The highest BCUT2D eigenvalue weighted by Gasteiger charge is 2.23. The van der Waals surface area contributed by atoms with E-state index in [2.05, 4.69) is 9.82 Å². The van der Waals surface area contributed by atoms with Gasteiger partial charge in [-0.15, -0.1) is 0 Å². The number of nitrogens with one attached hydrogen (secondary N) is 1. The Labute approximate surface area is 172 Å². The van der Waals surface area contributed by atoms with Crippen LogP contribution in [0.5, 0.6) is 0 Å². The Morgan fingerprint density at radius 1 is 1.04 bits per heavy atom. The maximum atomic E-state index is 12.8. The first kappa shape index (κ1) is 20.0. The summed E-state index contributed by atoms with van der Waals surface area (Å²) in [5.41, 5.74) is 2.49. The van der Waals surface area contributed by atoms with Gasteiger partial charge in [0, 0.05) is 10.0 Å². The molecular formula is C18H16Cl3N3O2S. The summed E-state index contributed by atoms with van der Waals surface area (Å²) in [6.07, 6.45) is 0. The van der Waals surface area contributed by atoms with E-state index in [1.807, 2.05) is 18.2 Å². The Kier molecular flexibility index (Phi) is 5.72. The predicted octanol–water partition coefficient (Wildman–Crippen LogP) is 5.31. The van der Waals surface area contributed by atoms with E-state index in [4.69, 9.17) is 34.8 Å². The molecule has 0 saturated heterocycles. The maximum Gasteiger partial charge on any atom is 0.263 e. The van der Waals surface area contributed by atoms with Crippen LogP contribution in [-0.2, 0) is 16.6 Å². The van der Waals surface area contributed by atoms with Crippen molar-refractivity contribution in [1.82, 2.24) is 9.78 Å². The topological polar surface area (TPSA) is 64.0 Å². The molecule has 0 aliphatic heterocycles. The smallest absolute Gasteiger partial charge is 0.263 e. The first-order chi connectivity index (χ1) is 12.7. The van der Waals surface area contributed by atoms with Crippen molar-refractivity contribution in [2.45, 2.75) is 25.3 Å². The molecule has 0 radical (unpaired) electrons. The Hall–Kier alpha value is -1.73. The standard InChI is InChI=1S/C18H16Cl3N3O2S/c1-11-18(23-27(25,26)17-9-14(19)7-8-16(17)21)12(2)24(22-11)10-13-5-3-4-6-15(13)20/h3-9,23H,10H2,1-2H3. The lowest BCUT2D eigenvalue weighted by atomic mass is 10.2. The number of aryl methyl sites for hydroxylation is 1. The quantitative estimate of drug-likeness (QED) is 0.580. The van der Waals surface area contributed by atoms with Crippen molar-refractivity contribution in [1.29, 1.82) is 0 Å². The number of anilines is 1. The van der Waals surface area contributed by atoms with Crippen LogP contribution >= 0.6 is 34.8 Å². The molecule has 1 heterocycles. The van der Waals surface area contributed by atoms with Gasteiger partial charge in [0.1, 0.15) is 4.90 Å². The predicted molar refractivity (Wildman–Crippen MR) is 110 cm³/mol. The summed E-state index contributed by atoms with van der Waals surface area (Å²) in [4.78, 5) is -0.0886. The van der Waals surface area contributed by atoms with Crippen LogP contribution in [0.2, 0.25) is 15.1 Å². The van der Waals surface area contributed by atoms with E-state index in [1.54, 1.807) is 24.6 Å². The second-order valence-corrected chi connectivity index (χ2v) is 8.88. The van der Waals surface area contributed by atoms with Crippen molar-refractivity contribution < 1.29 is 8.42 Å². The highest BCUT2D eigenvalue weighted by molar-refractivity contribution is 7.92. The number of hydrogen-bond acceptors (Lipinski definition) is 3. The summed E-state index contributed by atoms with van der Waals surface area (Å²) >= 11 is 18.2. The van der Waals surface area contributed by atoms with Crippen molar-refractivity contribution in [2.24, 2.45) is 0 Å². The molecule has 1 N–H and O–H groups in total. The van der Waals surface area contributed by atoms with Crippen molar-refractivity contribution in [3.05, 3.63) is 74.5 Å². The van der Waals surface area contributed by atoms with E-state index in [0.29, 0.717) is 28.6 Å². The monoisotopic (exact) mass is 443 g/mol. The molecule has 5 nitrogen and oxygen atoms in total. The average molecular weight is 445 g/mol. The van der Waals surface area contributed by atoms with Gasteiger partial charge in [-0.2, -0.15) is 5.10 Å². The highest BCUT2D eigenvalue weighted by atomic mass is 35.5. The van der Waals surface area contributed by atoms with Crippen molar-refractivity contribution in [3.8, 4) is 0 Å². The molecule has 0 unspecified atom stereocenters. The number of sulfonamides is 1. The molecule has 0 amide bonds. The summed E-state index contributed by atoms with van der Waals surface area (Å²) in [6, 6.07) is 11.7. The number of nitrogens with zero attached hydrogens (tertiary/aromatic N) is 2. The third-order valence-electron chi connectivity index (χ3n) is 4.08. The number of halogens is 3. The van der Waals surface area contributed by atoms with Gasteiger partial charge < -0.3 is 0 Å². The molecule has 1 aromatic heterocycles. The molecule has 0 atom stereocenters. The fraction of sp³-hybridized carbons (Fsp3) is 0.167. The normalized spacial score (nSPS) is 11.6. The summed E-state index contributed by atoms with van der Waals surface area (Å²) in [6.45, 7) is 3.94. The van der Waals surface area contributed by atoms with Gasteiger partial charge >= 0.3 is 0 Å². The van der Waals surface area contributed by atoms with Crippen LogP contribution in [0.15, 0.2) is 47.4 Å². The fourth-order valence-electron chi connectivity index (χ4n) is 2.66. The third-order valence-corrected chi connectivity index (χ3v) is 6.51. The Balaban J connectivity index is 1.95. The van der Waals surface area contributed by atoms with Crippen LogP contribution in [0, 0.1) is 13.8 Å². The van der Waals surface area contributed by atoms with Crippen LogP contribution in [0.1, 0.15) is 17.0 Å². The first-order valence-corrected chi connectivity index (χ1v) is 10.6. The zero-order valence-electron chi connectivity index (χ0n) is 14.5. The van der Waals surface area contributed by atoms with Crippen molar-refractivity contribution >= 4 is 50.5 Å². The van der Waals surface area contributed by atoms with Crippen LogP contribution in [0.25, 0.3) is 0 Å². The molecule has 27 heavy (non-hydrogen) atoms. The molecule has 0 spiro atoms. The number of rotatable bonds is 5. The minimum atomic E-state index is -3.92. The molecule has 0 saturated carbocycles. The molecule has 3 aromatic rings. The fourth-order valence-corrected chi connectivity index (χ4v) is 4.79. The molecule has 0 aliphatic rings. The number of benzene rings is 2. The molecule has 142 valence electrons. The average Bonchev–Trinajstić information content (AvgIpc) is 2.86. The largest absolute Gasteiger partial charge is 0.276 e. The van der Waals surface area contributed by atoms with E-state index in [-0.39, 0.29) is 14.9 Å². The van der Waals surface area contributed by atoms with Gasteiger partial charge in [0.15, 0.2) is 0 Å². The molecular weight excluding hydrogens is 429 g/mol. The van der Waals surface area contributed by atoms with Gasteiger partial charge in [-0.25, -0.2) is 8.42 Å². The summed E-state index contributed by atoms with van der Waals surface area (Å²) in [5.74, 6) is 0. The van der Waals surface area contributed by atoms with E-state index >= 15 is 0 Å². The Bertz CT molecular complexity index is 1110. The lowest BCUT2D eigenvalue weighted by Gasteiger charge is -2.11. The second-order valence-electron chi connectivity index (χ2n) is 5.98. The van der Waals surface area contributed by atoms with Gasteiger partial charge in [-0.05, 0) is 43.7 Å². The van der Waals surface area contributed by atoms with Crippen molar-refractivity contribution in [3.63, 3.8) is 0 Å². The van der Waals surface area contributed by atoms with Gasteiger partial charge in [-0.3, -0.25) is 9.40 Å². The third kappa shape index (κ3) is 4.24. The second kappa shape index (κ2) is 7.72.